The highest BCUT2D eigenvalue weighted by atomic mass is 16.6. The third kappa shape index (κ3) is 15.7. The third-order valence-electron chi connectivity index (χ3n) is 13.7. The minimum atomic E-state index is -1.70. The summed E-state index contributed by atoms with van der Waals surface area (Å²) in [6, 6.07) is -1.93. The molecule has 1 aromatic rings. The minimum Gasteiger partial charge on any atom is -0.497 e. The standard InChI is InChI=1S/C52H79N7O14/c1-28(2)23-35-49(67)59-22-14-16-38(59)51(69)57(11)40(25-33-17-19-34(71-12)20-18-33)52(70)72-27-36(45(63)55-43(30(5)6)41(61)26-42(62)73-44(31(7)8)47(65)53-35)54-46(64)39(24-29(3)4)56(10)50(68)37-15-13-21-58(37)48(66)32(9)60/h17-20,28-31,35-41,43-44,61H,13-16,21-27H2,1-12H3,(H,53,65)(H,54,64)(H,55,63)/t35-,36-,37?,38-,39+,40-,41-,43?,44-/m0/s1. The van der Waals surface area contributed by atoms with E-state index < -0.39 is 138 Å². The molecule has 21 nitrogen and oxygen atoms in total. The molecule has 3 aliphatic rings. The number of cyclic esters (lactones) is 2. The largest absolute Gasteiger partial charge is 0.497 e. The van der Waals surface area contributed by atoms with Crippen LogP contribution in [0.5, 0.6) is 5.75 Å². The number of nitrogens with one attached hydrogen (secondary N) is 3. The van der Waals surface area contributed by atoms with Gasteiger partial charge in [0.25, 0.3) is 11.8 Å². The number of esters is 2. The van der Waals surface area contributed by atoms with Gasteiger partial charge in [-0.2, -0.15) is 0 Å². The van der Waals surface area contributed by atoms with E-state index in [1.54, 1.807) is 52.0 Å². The van der Waals surface area contributed by atoms with Crippen molar-refractivity contribution in [3.63, 3.8) is 0 Å². The highest BCUT2D eigenvalue weighted by Gasteiger charge is 2.44. The van der Waals surface area contributed by atoms with E-state index in [1.807, 2.05) is 27.7 Å². The number of aliphatic hydroxyl groups excluding tert-OH is 1. The summed E-state index contributed by atoms with van der Waals surface area (Å²) in [4.78, 5) is 144. The summed E-state index contributed by atoms with van der Waals surface area (Å²) in [6.07, 6.45) is -2.17. The van der Waals surface area contributed by atoms with Crippen molar-refractivity contribution < 1.29 is 67.3 Å². The van der Waals surface area contributed by atoms with Crippen LogP contribution in [-0.4, -0.2) is 179 Å². The molecule has 4 N–H and O–H groups in total. The second kappa shape index (κ2) is 26.7. The van der Waals surface area contributed by atoms with Crippen LogP contribution < -0.4 is 20.7 Å². The molecule has 3 aliphatic heterocycles. The van der Waals surface area contributed by atoms with Crippen molar-refractivity contribution in [1.29, 1.82) is 0 Å². The second-order valence-electron chi connectivity index (χ2n) is 21.1. The minimum absolute atomic E-state index is 0.0795. The molecule has 3 saturated heterocycles. The van der Waals surface area contributed by atoms with Crippen LogP contribution in [0.4, 0.5) is 0 Å². The molecular formula is C52H79N7O14. The predicted octanol–water partition coefficient (Wildman–Crippen LogP) is 1.54. The second-order valence-corrected chi connectivity index (χ2v) is 21.1. The average molecular weight is 1030 g/mol. The number of nitrogens with zero attached hydrogens (tertiary/aromatic N) is 4. The molecule has 21 heteroatoms. The number of ketones is 1. The zero-order valence-corrected chi connectivity index (χ0v) is 44.6. The highest BCUT2D eigenvalue weighted by molar-refractivity contribution is 6.35. The van der Waals surface area contributed by atoms with E-state index >= 15 is 0 Å². The van der Waals surface area contributed by atoms with E-state index in [-0.39, 0.29) is 57.0 Å². The van der Waals surface area contributed by atoms with Crippen molar-refractivity contribution >= 4 is 59.1 Å². The Kier molecular flexibility index (Phi) is 21.8. The number of hydrogen-bond acceptors (Lipinski definition) is 14. The smallest absolute Gasteiger partial charge is 0.329 e. The van der Waals surface area contributed by atoms with Gasteiger partial charge in [0.15, 0.2) is 6.10 Å². The third-order valence-corrected chi connectivity index (χ3v) is 13.7. The number of likely N-dealkylation sites (tertiary alicyclic amines) is 1. The molecule has 0 saturated carbocycles. The number of ether oxygens (including phenoxy) is 3. The fraction of sp³-hybridized carbons (Fsp3) is 0.692. The van der Waals surface area contributed by atoms with Crippen molar-refractivity contribution in [2.45, 2.75) is 168 Å². The van der Waals surface area contributed by atoms with Gasteiger partial charge in [-0.1, -0.05) is 67.5 Å². The molecular weight excluding hydrogens is 947 g/mol. The molecule has 1 aromatic carbocycles. The Labute approximate surface area is 429 Å². The van der Waals surface area contributed by atoms with Crippen molar-refractivity contribution in [2.24, 2.45) is 23.7 Å². The van der Waals surface area contributed by atoms with Crippen LogP contribution >= 0.6 is 0 Å². The van der Waals surface area contributed by atoms with Crippen molar-refractivity contribution in [1.82, 2.24) is 35.6 Å². The van der Waals surface area contributed by atoms with E-state index in [2.05, 4.69) is 16.0 Å². The van der Waals surface area contributed by atoms with E-state index in [0.29, 0.717) is 24.2 Å². The maximum Gasteiger partial charge on any atom is 0.329 e. The van der Waals surface area contributed by atoms with Gasteiger partial charge in [-0.3, -0.25) is 43.2 Å². The highest BCUT2D eigenvalue weighted by Crippen LogP contribution is 2.26. The van der Waals surface area contributed by atoms with Gasteiger partial charge < -0.3 is 54.9 Å². The molecule has 2 unspecified atom stereocenters. The Morgan fingerprint density at radius 3 is 2.08 bits per heavy atom. The summed E-state index contributed by atoms with van der Waals surface area (Å²) in [7, 11) is 4.29. The van der Waals surface area contributed by atoms with E-state index in [1.165, 1.54) is 40.8 Å². The zero-order chi connectivity index (χ0) is 54.6. The molecule has 0 aromatic heterocycles. The van der Waals surface area contributed by atoms with Gasteiger partial charge in [0.05, 0.1) is 25.7 Å². The van der Waals surface area contributed by atoms with E-state index in [9.17, 15) is 53.1 Å². The number of Topliss-reactive ketones (excluding diaryl/α,β-unsaturated/α-hetero) is 1. The molecule has 3 fully saturated rings. The van der Waals surface area contributed by atoms with Crippen LogP contribution in [0.1, 0.15) is 113 Å². The SMILES string of the molecule is COc1ccc(C[C@H]2C(=O)OC[C@H](NC(=O)[C@@H](CC(C)C)N(C)C(=O)C3CCCN3C(=O)C(C)=O)C(=O)NC(C(C)C)[C@@H](O)CC(=O)O[C@@H](C(C)C)C(=O)N[C@@H](CC(C)C)C(=O)N3CCC[C@H]3C(=O)N2C)cc1. The van der Waals surface area contributed by atoms with Gasteiger partial charge in [-0.15, -0.1) is 0 Å². The molecule has 4 rings (SSSR count). The van der Waals surface area contributed by atoms with Crippen LogP contribution in [0.15, 0.2) is 24.3 Å². The lowest BCUT2D eigenvalue weighted by Gasteiger charge is -2.35. The Hall–Kier alpha value is -6.12. The normalized spacial score (nSPS) is 25.7. The number of benzene rings is 1. The zero-order valence-electron chi connectivity index (χ0n) is 44.6. The van der Waals surface area contributed by atoms with Crippen molar-refractivity contribution in [3.05, 3.63) is 29.8 Å². The molecule has 9 atom stereocenters. The molecule has 0 aliphatic carbocycles. The topological polar surface area (TPSA) is 268 Å². The van der Waals surface area contributed by atoms with Crippen LogP contribution in [0.2, 0.25) is 0 Å². The maximum atomic E-state index is 14.7. The molecule has 0 spiro atoms. The number of methoxy groups -OCH3 is 1. The van der Waals surface area contributed by atoms with Gasteiger partial charge in [0, 0.05) is 40.5 Å². The van der Waals surface area contributed by atoms with Crippen LogP contribution in [0.25, 0.3) is 0 Å². The van der Waals surface area contributed by atoms with Crippen molar-refractivity contribution in [2.75, 3.05) is 40.9 Å². The molecule has 7 amide bonds. The summed E-state index contributed by atoms with van der Waals surface area (Å²) in [5.74, 6) is -8.72. The summed E-state index contributed by atoms with van der Waals surface area (Å²) in [5, 5.41) is 19.7. The van der Waals surface area contributed by atoms with Crippen molar-refractivity contribution in [3.8, 4) is 5.75 Å². The maximum absolute atomic E-state index is 14.7. The number of rotatable bonds is 14. The van der Waals surface area contributed by atoms with Gasteiger partial charge >= 0.3 is 11.9 Å². The monoisotopic (exact) mass is 1030 g/mol. The number of aliphatic hydroxyl groups is 1. The lowest BCUT2D eigenvalue weighted by molar-refractivity contribution is -0.161. The lowest BCUT2D eigenvalue weighted by Crippen LogP contribution is -2.60. The van der Waals surface area contributed by atoms with Crippen LogP contribution in [-0.2, 0) is 63.8 Å². The number of likely N-dealkylation sites (N-methyl/N-ethyl adjacent to an activating group) is 2. The van der Waals surface area contributed by atoms with Gasteiger partial charge in [0.2, 0.25) is 35.3 Å². The number of amides is 7. The number of carbonyl (C=O) groups excluding carboxylic acids is 10. The first-order valence-corrected chi connectivity index (χ1v) is 25.5. The summed E-state index contributed by atoms with van der Waals surface area (Å²) in [6.45, 7) is 14.6. The molecule has 3 heterocycles. The Morgan fingerprint density at radius 2 is 1.51 bits per heavy atom. The van der Waals surface area contributed by atoms with Crippen LogP contribution in [0.3, 0.4) is 0 Å². The fourth-order valence-corrected chi connectivity index (χ4v) is 9.60. The van der Waals surface area contributed by atoms with Crippen LogP contribution in [0, 0.1) is 23.7 Å². The first-order chi connectivity index (χ1) is 34.3. The molecule has 73 heavy (non-hydrogen) atoms. The summed E-state index contributed by atoms with van der Waals surface area (Å²) >= 11 is 0. The first kappa shape index (κ1) is 59.4. The average Bonchev–Trinajstić information content (AvgIpc) is 4.03. The van der Waals surface area contributed by atoms with Gasteiger partial charge in [-0.25, -0.2) is 4.79 Å². The van der Waals surface area contributed by atoms with Gasteiger partial charge in [0.1, 0.15) is 48.6 Å². The molecule has 0 bridgehead atoms. The fourth-order valence-electron chi connectivity index (χ4n) is 9.60. The molecule has 406 valence electrons. The number of carbonyl (C=O) groups is 10. The summed E-state index contributed by atoms with van der Waals surface area (Å²) in [5.41, 5.74) is 0.592. The number of hydrogen-bond donors (Lipinski definition) is 4. The Balaban J connectivity index is 1.82. The quantitative estimate of drug-likeness (QED) is 0.152. The van der Waals surface area contributed by atoms with Gasteiger partial charge in [-0.05, 0) is 79.9 Å². The predicted molar refractivity (Wildman–Crippen MR) is 266 cm³/mol. The molecule has 0 radical (unpaired) electrons. The lowest BCUT2D eigenvalue weighted by atomic mass is 9.95. The van der Waals surface area contributed by atoms with E-state index in [0.717, 1.165) is 6.92 Å². The Bertz CT molecular complexity index is 2170. The Morgan fingerprint density at radius 1 is 0.863 bits per heavy atom. The first-order valence-electron chi connectivity index (χ1n) is 25.5. The summed E-state index contributed by atoms with van der Waals surface area (Å²) < 4.78 is 16.9. The number of fused-ring (bicyclic) bond motifs is 1. The van der Waals surface area contributed by atoms with E-state index in [4.69, 9.17) is 14.2 Å².